The zero-order valence-electron chi connectivity index (χ0n) is 16.5. The van der Waals surface area contributed by atoms with Gasteiger partial charge in [0.15, 0.2) is 0 Å². The number of benzene rings is 2. The van der Waals surface area contributed by atoms with Gasteiger partial charge in [0, 0.05) is 6.07 Å². The molecule has 3 rings (SSSR count). The van der Waals surface area contributed by atoms with Crippen molar-refractivity contribution in [2.75, 3.05) is 11.9 Å². The molecule has 0 bridgehead atoms. The predicted octanol–water partition coefficient (Wildman–Crippen LogP) is 5.92. The van der Waals surface area contributed by atoms with Crippen LogP contribution in [0.1, 0.15) is 37.0 Å². The summed E-state index contributed by atoms with van der Waals surface area (Å²) in [7, 11) is 0. The Morgan fingerprint density at radius 3 is 2.41 bits per heavy atom. The monoisotopic (exact) mass is 456 g/mol. The van der Waals surface area contributed by atoms with E-state index >= 15 is 0 Å². The van der Waals surface area contributed by atoms with Gasteiger partial charge < -0.3 is 14.2 Å². The van der Waals surface area contributed by atoms with Gasteiger partial charge in [-0.3, -0.25) is 4.79 Å². The molecular formula is C24H25BrO4. The van der Waals surface area contributed by atoms with Gasteiger partial charge in [0.25, 0.3) is 0 Å². The number of alkyl halides is 1. The lowest BCUT2D eigenvalue weighted by atomic mass is 10.1. The Hall–Kier alpha value is -2.53. The van der Waals surface area contributed by atoms with Crippen molar-refractivity contribution in [3.8, 4) is 11.5 Å². The maximum absolute atomic E-state index is 11.7. The smallest absolute Gasteiger partial charge is 0.317 e. The summed E-state index contributed by atoms with van der Waals surface area (Å²) in [6, 6.07) is 15.6. The number of hydrogen-bond acceptors (Lipinski definition) is 4. The minimum absolute atomic E-state index is 0.158. The van der Waals surface area contributed by atoms with E-state index in [9.17, 15) is 4.79 Å². The highest BCUT2D eigenvalue weighted by Crippen LogP contribution is 2.29. The van der Waals surface area contributed by atoms with E-state index in [1.54, 1.807) is 0 Å². The highest BCUT2D eigenvalue weighted by atomic mass is 79.9. The maximum Gasteiger partial charge on any atom is 0.317 e. The van der Waals surface area contributed by atoms with Crippen molar-refractivity contribution in [1.82, 2.24) is 0 Å². The number of rotatable bonds is 9. The summed E-state index contributed by atoms with van der Waals surface area (Å²) in [5, 5.41) is 0.158. The molecule has 29 heavy (non-hydrogen) atoms. The molecule has 2 aromatic carbocycles. The molecule has 0 saturated carbocycles. The topological polar surface area (TPSA) is 44.8 Å². The van der Waals surface area contributed by atoms with Crippen molar-refractivity contribution in [1.29, 1.82) is 0 Å². The van der Waals surface area contributed by atoms with Crippen molar-refractivity contribution in [2.24, 2.45) is 0 Å². The Bertz CT molecular complexity index is 874. The Labute approximate surface area is 180 Å². The second-order valence-corrected chi connectivity index (χ2v) is 7.39. The van der Waals surface area contributed by atoms with Crippen molar-refractivity contribution in [3.05, 3.63) is 83.5 Å². The minimum atomic E-state index is -0.406. The van der Waals surface area contributed by atoms with E-state index < -0.39 is 6.10 Å². The van der Waals surface area contributed by atoms with Gasteiger partial charge in [-0.1, -0.05) is 64.5 Å². The van der Waals surface area contributed by atoms with Gasteiger partial charge in [0.2, 0.25) is 0 Å². The standard InChI is InChI=1S/C24H25BrO4/c1-18(29-24(26)15-25)21-12-22(27-16-19-8-4-2-5-9-19)14-23(13-21)28-17-20-10-6-3-7-11-20/h2,4-6,8-14,18H,3,7,15-17H2,1H3. The van der Waals surface area contributed by atoms with Crippen molar-refractivity contribution in [2.45, 2.75) is 32.5 Å². The average Bonchev–Trinajstić information content (AvgIpc) is 2.77. The number of hydrogen-bond donors (Lipinski definition) is 0. The van der Waals surface area contributed by atoms with Crippen LogP contribution in [0.5, 0.6) is 11.5 Å². The van der Waals surface area contributed by atoms with E-state index in [0.717, 1.165) is 29.5 Å². The van der Waals surface area contributed by atoms with E-state index in [1.165, 1.54) is 0 Å². The molecule has 1 atom stereocenters. The van der Waals surface area contributed by atoms with Crippen LogP contribution in [0.3, 0.4) is 0 Å². The Morgan fingerprint density at radius 1 is 1.03 bits per heavy atom. The largest absolute Gasteiger partial charge is 0.489 e. The van der Waals surface area contributed by atoms with Crippen LogP contribution in [0.25, 0.3) is 0 Å². The predicted molar refractivity (Wildman–Crippen MR) is 117 cm³/mol. The molecule has 0 spiro atoms. The lowest BCUT2D eigenvalue weighted by Crippen LogP contribution is -2.10. The second kappa shape index (κ2) is 10.9. The Balaban J connectivity index is 1.75. The van der Waals surface area contributed by atoms with Crippen molar-refractivity contribution < 1.29 is 19.0 Å². The van der Waals surface area contributed by atoms with Gasteiger partial charge in [-0.05, 0) is 48.6 Å². The van der Waals surface area contributed by atoms with E-state index in [-0.39, 0.29) is 11.3 Å². The van der Waals surface area contributed by atoms with E-state index in [2.05, 4.69) is 34.2 Å². The molecular weight excluding hydrogens is 432 g/mol. The quantitative estimate of drug-likeness (QED) is 0.347. The first-order valence-electron chi connectivity index (χ1n) is 9.69. The maximum atomic E-state index is 11.7. The molecule has 0 radical (unpaired) electrons. The van der Waals surface area contributed by atoms with Gasteiger partial charge in [-0.15, -0.1) is 0 Å². The third-order valence-electron chi connectivity index (χ3n) is 4.51. The molecule has 0 amide bonds. The molecule has 1 unspecified atom stereocenters. The van der Waals surface area contributed by atoms with Gasteiger partial charge in [-0.2, -0.15) is 0 Å². The van der Waals surface area contributed by atoms with Crippen LogP contribution in [-0.2, 0) is 16.1 Å². The fraction of sp³-hybridized carbons (Fsp3) is 0.292. The summed E-state index contributed by atoms with van der Waals surface area (Å²) in [6.45, 7) is 2.79. The van der Waals surface area contributed by atoms with Gasteiger partial charge >= 0.3 is 5.97 Å². The molecule has 1 aliphatic rings. The van der Waals surface area contributed by atoms with E-state index in [1.807, 2.05) is 55.5 Å². The van der Waals surface area contributed by atoms with Crippen LogP contribution in [0.4, 0.5) is 0 Å². The fourth-order valence-electron chi connectivity index (χ4n) is 2.97. The SMILES string of the molecule is CC(OC(=O)CBr)c1cc(OCC2=CCCC=C2)cc(OCc2ccccc2)c1. The molecule has 0 aliphatic heterocycles. The van der Waals surface area contributed by atoms with Crippen LogP contribution in [0.2, 0.25) is 0 Å². The molecule has 152 valence electrons. The number of allylic oxidation sites excluding steroid dienone is 2. The number of carbonyl (C=O) groups excluding carboxylic acids is 1. The van der Waals surface area contributed by atoms with Crippen LogP contribution >= 0.6 is 15.9 Å². The highest BCUT2D eigenvalue weighted by Gasteiger charge is 2.14. The van der Waals surface area contributed by atoms with Crippen LogP contribution in [-0.4, -0.2) is 17.9 Å². The molecule has 0 heterocycles. The number of carbonyl (C=O) groups is 1. The minimum Gasteiger partial charge on any atom is -0.489 e. The zero-order chi connectivity index (χ0) is 20.5. The average molecular weight is 457 g/mol. The van der Waals surface area contributed by atoms with Crippen LogP contribution in [0.15, 0.2) is 72.3 Å². The van der Waals surface area contributed by atoms with Gasteiger partial charge in [0.1, 0.15) is 36.1 Å². The third-order valence-corrected chi connectivity index (χ3v) is 4.97. The first-order chi connectivity index (χ1) is 14.1. The third kappa shape index (κ3) is 6.79. The summed E-state index contributed by atoms with van der Waals surface area (Å²) < 4.78 is 17.4. The lowest BCUT2D eigenvalue weighted by molar-refractivity contribution is -0.145. The van der Waals surface area contributed by atoms with Gasteiger partial charge in [0.05, 0.1) is 0 Å². The van der Waals surface area contributed by atoms with Gasteiger partial charge in [-0.25, -0.2) is 0 Å². The highest BCUT2D eigenvalue weighted by molar-refractivity contribution is 9.09. The van der Waals surface area contributed by atoms with Crippen LogP contribution in [0, 0.1) is 0 Å². The summed E-state index contributed by atoms with van der Waals surface area (Å²) in [4.78, 5) is 11.7. The molecule has 1 aliphatic carbocycles. The van der Waals surface area contributed by atoms with E-state index in [0.29, 0.717) is 24.7 Å². The summed E-state index contributed by atoms with van der Waals surface area (Å²) >= 11 is 3.13. The number of halogens is 1. The van der Waals surface area contributed by atoms with Crippen molar-refractivity contribution >= 4 is 21.9 Å². The second-order valence-electron chi connectivity index (χ2n) is 6.83. The molecule has 4 nitrogen and oxygen atoms in total. The molecule has 0 fully saturated rings. The number of ether oxygens (including phenoxy) is 3. The molecule has 0 N–H and O–H groups in total. The first-order valence-corrected chi connectivity index (χ1v) is 10.8. The Kier molecular flexibility index (Phi) is 7.94. The lowest BCUT2D eigenvalue weighted by Gasteiger charge is -2.17. The molecule has 5 heteroatoms. The first kappa shape index (κ1) is 21.2. The van der Waals surface area contributed by atoms with Crippen molar-refractivity contribution in [3.63, 3.8) is 0 Å². The normalized spacial score (nSPS) is 14.1. The molecule has 2 aromatic rings. The zero-order valence-corrected chi connectivity index (χ0v) is 18.1. The van der Waals surface area contributed by atoms with Crippen LogP contribution < -0.4 is 9.47 Å². The molecule has 0 aromatic heterocycles. The fourth-order valence-corrected chi connectivity index (χ4v) is 3.11. The summed E-state index contributed by atoms with van der Waals surface area (Å²) in [5.74, 6) is 1.05. The summed E-state index contributed by atoms with van der Waals surface area (Å²) in [5.41, 5.74) is 3.07. The number of esters is 1. The Morgan fingerprint density at radius 2 is 1.76 bits per heavy atom. The molecule has 0 saturated heterocycles. The summed E-state index contributed by atoms with van der Waals surface area (Å²) in [6.07, 6.45) is 8.16. The van der Waals surface area contributed by atoms with E-state index in [4.69, 9.17) is 14.2 Å².